The van der Waals surface area contributed by atoms with Crippen molar-refractivity contribution in [2.24, 2.45) is 0 Å². The van der Waals surface area contributed by atoms with Crippen molar-refractivity contribution in [1.29, 1.82) is 0 Å². The molecule has 2 heterocycles. The number of para-hydroxylation sites is 1. The Hall–Kier alpha value is -2.31. The summed E-state index contributed by atoms with van der Waals surface area (Å²) in [5, 5.41) is 6.42. The molecule has 2 aromatic heterocycles. The van der Waals surface area contributed by atoms with Crippen LogP contribution in [0.3, 0.4) is 0 Å². The number of urea groups is 1. The van der Waals surface area contributed by atoms with Crippen LogP contribution in [0, 0.1) is 0 Å². The second-order valence-corrected chi connectivity index (χ2v) is 8.19. The van der Waals surface area contributed by atoms with Crippen molar-refractivity contribution in [1.82, 2.24) is 14.8 Å². The first-order chi connectivity index (χ1) is 14.1. The normalized spacial score (nSPS) is 12.3. The molecule has 3 aromatic rings. The van der Waals surface area contributed by atoms with E-state index < -0.39 is 0 Å². The van der Waals surface area contributed by atoms with Gasteiger partial charge in [0.25, 0.3) is 0 Å². The number of hydrogen-bond acceptors (Lipinski definition) is 3. The lowest BCUT2D eigenvalue weighted by molar-refractivity contribution is 0.145. The van der Waals surface area contributed by atoms with Gasteiger partial charge in [0.1, 0.15) is 0 Å². The standard InChI is InChI=1S/C23H31N3O2S/c1-5-17(3)24-23(27)25(13-14-28-4)16-19-18-10-7-8-11-20(18)26(6-2)22(19)21-12-9-15-29-21/h7-12,15,17H,5-6,13-14,16H2,1-4H3,(H,24,27)/t17-/m0/s1. The Bertz CT molecular complexity index is 933. The van der Waals surface area contributed by atoms with Crippen LogP contribution in [0.1, 0.15) is 32.8 Å². The molecule has 0 spiro atoms. The predicted molar refractivity (Wildman–Crippen MR) is 121 cm³/mol. The summed E-state index contributed by atoms with van der Waals surface area (Å²) in [4.78, 5) is 16.1. The van der Waals surface area contributed by atoms with Crippen molar-refractivity contribution in [3.63, 3.8) is 0 Å². The van der Waals surface area contributed by atoms with E-state index in [1.165, 1.54) is 27.0 Å². The van der Waals surface area contributed by atoms with Gasteiger partial charge in [0.05, 0.1) is 23.7 Å². The molecule has 0 fully saturated rings. The van der Waals surface area contributed by atoms with Crippen LogP contribution in [-0.4, -0.2) is 41.8 Å². The lowest BCUT2D eigenvalue weighted by Gasteiger charge is -2.25. The molecule has 1 atom stereocenters. The molecule has 5 nitrogen and oxygen atoms in total. The fourth-order valence-electron chi connectivity index (χ4n) is 3.61. The molecule has 156 valence electrons. The Morgan fingerprint density at radius 1 is 1.24 bits per heavy atom. The third kappa shape index (κ3) is 4.65. The number of fused-ring (bicyclic) bond motifs is 1. The van der Waals surface area contributed by atoms with Crippen LogP contribution in [0.2, 0.25) is 0 Å². The lowest BCUT2D eigenvalue weighted by Crippen LogP contribution is -2.44. The van der Waals surface area contributed by atoms with E-state index in [-0.39, 0.29) is 12.1 Å². The predicted octanol–water partition coefficient (Wildman–Crippen LogP) is 5.35. The van der Waals surface area contributed by atoms with Crippen molar-refractivity contribution < 1.29 is 9.53 Å². The van der Waals surface area contributed by atoms with Gasteiger partial charge in [-0.15, -0.1) is 11.3 Å². The van der Waals surface area contributed by atoms with Gasteiger partial charge >= 0.3 is 6.03 Å². The van der Waals surface area contributed by atoms with E-state index in [2.05, 4.69) is 65.5 Å². The Morgan fingerprint density at radius 3 is 2.69 bits per heavy atom. The first-order valence-electron chi connectivity index (χ1n) is 10.3. The molecule has 0 saturated heterocycles. The minimum absolute atomic E-state index is 0.0399. The van der Waals surface area contributed by atoms with Crippen LogP contribution in [0.4, 0.5) is 4.79 Å². The van der Waals surface area contributed by atoms with Gasteiger partial charge < -0.3 is 19.5 Å². The molecule has 0 unspecified atom stereocenters. The van der Waals surface area contributed by atoms with Crippen molar-refractivity contribution in [2.45, 2.75) is 46.3 Å². The third-order valence-electron chi connectivity index (χ3n) is 5.33. The summed E-state index contributed by atoms with van der Waals surface area (Å²) in [6.07, 6.45) is 0.902. The highest BCUT2D eigenvalue weighted by Gasteiger charge is 2.23. The van der Waals surface area contributed by atoms with Crippen LogP contribution >= 0.6 is 11.3 Å². The fourth-order valence-corrected chi connectivity index (χ4v) is 4.41. The number of thiophene rings is 1. The highest BCUT2D eigenvalue weighted by molar-refractivity contribution is 7.13. The Labute approximate surface area is 177 Å². The maximum absolute atomic E-state index is 13.0. The minimum atomic E-state index is -0.0399. The minimum Gasteiger partial charge on any atom is -0.383 e. The molecule has 0 bridgehead atoms. The molecule has 1 aromatic carbocycles. The molecule has 0 saturated carbocycles. The highest BCUT2D eigenvalue weighted by Crippen LogP contribution is 2.37. The second-order valence-electron chi connectivity index (χ2n) is 7.24. The van der Waals surface area contributed by atoms with Crippen LogP contribution in [0.5, 0.6) is 0 Å². The summed E-state index contributed by atoms with van der Waals surface area (Å²) in [7, 11) is 1.67. The zero-order valence-electron chi connectivity index (χ0n) is 17.8. The number of benzene rings is 1. The topological polar surface area (TPSA) is 46.5 Å². The number of carbonyl (C=O) groups is 1. The van der Waals surface area contributed by atoms with E-state index in [1.807, 2.05) is 11.8 Å². The average Bonchev–Trinajstić information content (AvgIpc) is 3.36. The number of nitrogens with one attached hydrogen (secondary N) is 1. The smallest absolute Gasteiger partial charge is 0.317 e. The van der Waals surface area contributed by atoms with E-state index in [0.717, 1.165) is 13.0 Å². The molecule has 1 N–H and O–H groups in total. The maximum atomic E-state index is 13.0. The summed E-state index contributed by atoms with van der Waals surface area (Å²) in [6, 6.07) is 12.8. The van der Waals surface area contributed by atoms with E-state index in [4.69, 9.17) is 4.74 Å². The number of aryl methyl sites for hydroxylation is 1. The van der Waals surface area contributed by atoms with Gasteiger partial charge in [-0.1, -0.05) is 31.2 Å². The summed E-state index contributed by atoms with van der Waals surface area (Å²) in [5.41, 5.74) is 3.62. The fraction of sp³-hybridized carbons (Fsp3) is 0.435. The van der Waals surface area contributed by atoms with E-state index in [9.17, 15) is 4.79 Å². The highest BCUT2D eigenvalue weighted by atomic mass is 32.1. The van der Waals surface area contributed by atoms with Crippen molar-refractivity contribution in [2.75, 3.05) is 20.3 Å². The van der Waals surface area contributed by atoms with Crippen molar-refractivity contribution >= 4 is 28.3 Å². The Kier molecular flexibility index (Phi) is 7.34. The molecular formula is C23H31N3O2S. The van der Waals surface area contributed by atoms with Crippen LogP contribution < -0.4 is 5.32 Å². The molecule has 0 aliphatic heterocycles. The zero-order chi connectivity index (χ0) is 20.8. The van der Waals surface area contributed by atoms with Gasteiger partial charge in [-0.25, -0.2) is 4.79 Å². The van der Waals surface area contributed by atoms with Crippen LogP contribution in [0.15, 0.2) is 41.8 Å². The molecular weight excluding hydrogens is 382 g/mol. The summed E-state index contributed by atoms with van der Waals surface area (Å²) in [5.74, 6) is 0. The quantitative estimate of drug-likeness (QED) is 0.514. The van der Waals surface area contributed by atoms with Gasteiger partial charge in [-0.05, 0) is 37.8 Å². The van der Waals surface area contributed by atoms with Gasteiger partial charge in [-0.3, -0.25) is 0 Å². The van der Waals surface area contributed by atoms with Gasteiger partial charge in [0.15, 0.2) is 0 Å². The number of methoxy groups -OCH3 is 1. The molecule has 3 rings (SSSR count). The number of hydrogen-bond donors (Lipinski definition) is 1. The molecule has 2 amide bonds. The molecule has 0 aliphatic rings. The SMILES string of the molecule is CC[C@H](C)NC(=O)N(CCOC)Cc1c(-c2cccs2)n(CC)c2ccccc12. The van der Waals surface area contributed by atoms with Gasteiger partial charge in [0.2, 0.25) is 0 Å². The number of aromatic nitrogens is 1. The van der Waals surface area contributed by atoms with Gasteiger partial charge in [-0.2, -0.15) is 0 Å². The summed E-state index contributed by atoms with van der Waals surface area (Å²) < 4.78 is 7.64. The Morgan fingerprint density at radius 2 is 2.03 bits per heavy atom. The lowest BCUT2D eigenvalue weighted by atomic mass is 10.1. The van der Waals surface area contributed by atoms with Gasteiger partial charge in [0, 0.05) is 42.7 Å². The number of carbonyl (C=O) groups excluding carboxylic acids is 1. The van der Waals surface area contributed by atoms with Crippen molar-refractivity contribution in [3.8, 4) is 10.6 Å². The number of rotatable bonds is 9. The molecule has 6 heteroatoms. The average molecular weight is 414 g/mol. The largest absolute Gasteiger partial charge is 0.383 e. The number of ether oxygens (including phenoxy) is 1. The zero-order valence-corrected chi connectivity index (χ0v) is 18.6. The summed E-state index contributed by atoms with van der Waals surface area (Å²) >= 11 is 1.74. The number of amides is 2. The van der Waals surface area contributed by atoms with Crippen molar-refractivity contribution in [3.05, 3.63) is 47.3 Å². The molecule has 29 heavy (non-hydrogen) atoms. The molecule has 0 aliphatic carbocycles. The maximum Gasteiger partial charge on any atom is 0.317 e. The van der Waals surface area contributed by atoms with Crippen LogP contribution in [0.25, 0.3) is 21.5 Å². The monoisotopic (exact) mass is 413 g/mol. The summed E-state index contributed by atoms with van der Waals surface area (Å²) in [6.45, 7) is 8.77. The third-order valence-corrected chi connectivity index (χ3v) is 6.21. The number of nitrogens with zero attached hydrogens (tertiary/aromatic N) is 2. The van der Waals surface area contributed by atoms with E-state index in [1.54, 1.807) is 18.4 Å². The first-order valence-corrected chi connectivity index (χ1v) is 11.2. The van der Waals surface area contributed by atoms with Crippen LogP contribution in [-0.2, 0) is 17.8 Å². The second kappa shape index (κ2) is 9.94. The Balaban J connectivity index is 2.06. The molecule has 0 radical (unpaired) electrons. The van der Waals surface area contributed by atoms with E-state index in [0.29, 0.717) is 19.7 Å². The first kappa shape index (κ1) is 21.4. The van der Waals surface area contributed by atoms with E-state index >= 15 is 0 Å².